The second-order valence-corrected chi connectivity index (χ2v) is 3.03. The Morgan fingerprint density at radius 2 is 1.82 bits per heavy atom. The molecule has 0 fully saturated rings. The van der Waals surface area contributed by atoms with Gasteiger partial charge in [0.1, 0.15) is 0 Å². The fourth-order valence-corrected chi connectivity index (χ4v) is 0.799. The first-order chi connectivity index (χ1) is 4.68. The van der Waals surface area contributed by atoms with E-state index in [2.05, 4.69) is 0 Å². The summed E-state index contributed by atoms with van der Waals surface area (Å²) in [7, 11) is 0. The largest absolute Gasteiger partial charge is 1.00 e. The van der Waals surface area contributed by atoms with Gasteiger partial charge in [0.25, 0.3) is 0 Å². The molecule has 0 aliphatic heterocycles. The second kappa shape index (κ2) is 9.01. The molecule has 2 N–H and O–H groups in total. The zero-order valence-electron chi connectivity index (χ0n) is 8.88. The average Bonchev–Trinajstić information content (AvgIpc) is 1.88. The molecule has 0 spiro atoms. The molecule has 11 heavy (non-hydrogen) atoms. The molecule has 0 saturated heterocycles. The maximum absolute atomic E-state index is 9.27. The van der Waals surface area contributed by atoms with Gasteiger partial charge in [-0.1, -0.05) is 13.8 Å². The number of unbranched alkanes of at least 4 members (excludes halogenated alkanes) is 1. The van der Waals surface area contributed by atoms with E-state index in [4.69, 9.17) is 5.11 Å². The fraction of sp³-hybridized carbons (Fsp3) is 1.00. The summed E-state index contributed by atoms with van der Waals surface area (Å²) in [6.45, 7) is 4.25. The van der Waals surface area contributed by atoms with Crippen molar-refractivity contribution in [2.75, 3.05) is 6.61 Å². The molecule has 0 aliphatic carbocycles. The van der Waals surface area contributed by atoms with Crippen LogP contribution in [0.4, 0.5) is 0 Å². The fourth-order valence-electron chi connectivity index (χ4n) is 0.799. The molecule has 0 saturated carbocycles. The van der Waals surface area contributed by atoms with Crippen LogP contribution in [0, 0.1) is 5.92 Å². The maximum atomic E-state index is 9.27. The summed E-state index contributed by atoms with van der Waals surface area (Å²) in [5.74, 6) is 0.346. The number of rotatable bonds is 5. The number of aliphatic hydroxyl groups excluding tert-OH is 2. The number of hydrogen-bond donors (Lipinski definition) is 2. The normalized spacial score (nSPS) is 12.8. The van der Waals surface area contributed by atoms with Crippen molar-refractivity contribution in [2.45, 2.75) is 39.2 Å². The van der Waals surface area contributed by atoms with Crippen molar-refractivity contribution < 1.29 is 41.2 Å². The van der Waals surface area contributed by atoms with E-state index in [1.807, 2.05) is 13.8 Å². The minimum absolute atomic E-state index is 0. The maximum Gasteiger partial charge on any atom is 1.00 e. The van der Waals surface area contributed by atoms with Crippen molar-refractivity contribution in [2.24, 2.45) is 5.92 Å². The molecule has 1 unspecified atom stereocenters. The average molecular weight is 170 g/mol. The summed E-state index contributed by atoms with van der Waals surface area (Å²) in [6, 6.07) is 0. The third kappa shape index (κ3) is 8.83. The summed E-state index contributed by atoms with van der Waals surface area (Å²) < 4.78 is 0. The van der Waals surface area contributed by atoms with Crippen LogP contribution in [-0.2, 0) is 0 Å². The molecule has 0 bridgehead atoms. The molecule has 0 amide bonds. The molecule has 0 aromatic carbocycles. The zero-order chi connectivity index (χ0) is 7.98. The van der Waals surface area contributed by atoms with E-state index in [9.17, 15) is 5.11 Å². The molecule has 0 radical (unpaired) electrons. The minimum Gasteiger partial charge on any atom is -1.00 e. The van der Waals surface area contributed by atoms with Gasteiger partial charge >= 0.3 is 29.6 Å². The van der Waals surface area contributed by atoms with Crippen LogP contribution in [0.5, 0.6) is 0 Å². The van der Waals surface area contributed by atoms with Crippen LogP contribution in [0.3, 0.4) is 0 Å². The van der Waals surface area contributed by atoms with Crippen LogP contribution in [0.2, 0.25) is 0 Å². The SMILES string of the molecule is CC(C)C(O)CCCCO.[H-].[Na+]. The molecule has 64 valence electrons. The Balaban J connectivity index is -0.000000405. The molecule has 2 nitrogen and oxygen atoms in total. The molecule has 1 atom stereocenters. The Morgan fingerprint density at radius 1 is 1.27 bits per heavy atom. The molecule has 0 heterocycles. The Hall–Kier alpha value is 0.920. The summed E-state index contributed by atoms with van der Waals surface area (Å²) >= 11 is 0. The molecule has 0 rings (SSSR count). The van der Waals surface area contributed by atoms with Gasteiger partial charge in [0.05, 0.1) is 6.10 Å². The van der Waals surface area contributed by atoms with Crippen LogP contribution in [0.1, 0.15) is 34.5 Å². The smallest absolute Gasteiger partial charge is 1.00 e. The van der Waals surface area contributed by atoms with Crippen molar-refractivity contribution in [1.82, 2.24) is 0 Å². The summed E-state index contributed by atoms with van der Waals surface area (Å²) in [4.78, 5) is 0. The monoisotopic (exact) mass is 170 g/mol. The van der Waals surface area contributed by atoms with Gasteiger partial charge in [0.2, 0.25) is 0 Å². The van der Waals surface area contributed by atoms with E-state index in [0.717, 1.165) is 19.3 Å². The van der Waals surface area contributed by atoms with Gasteiger partial charge in [-0.25, -0.2) is 0 Å². The van der Waals surface area contributed by atoms with Gasteiger partial charge in [-0.15, -0.1) is 0 Å². The van der Waals surface area contributed by atoms with Crippen molar-refractivity contribution in [1.29, 1.82) is 0 Å². The van der Waals surface area contributed by atoms with Gasteiger partial charge in [-0.05, 0) is 25.2 Å². The van der Waals surface area contributed by atoms with Crippen LogP contribution in [0.25, 0.3) is 0 Å². The first kappa shape index (κ1) is 14.4. The molecular weight excluding hydrogens is 151 g/mol. The molecular formula is C8H19NaO2. The van der Waals surface area contributed by atoms with E-state index in [-0.39, 0.29) is 43.7 Å². The van der Waals surface area contributed by atoms with Gasteiger partial charge in [0, 0.05) is 6.61 Å². The first-order valence-corrected chi connectivity index (χ1v) is 3.97. The van der Waals surface area contributed by atoms with Crippen LogP contribution in [-0.4, -0.2) is 22.9 Å². The molecule has 3 heteroatoms. The topological polar surface area (TPSA) is 40.5 Å². The van der Waals surface area contributed by atoms with Gasteiger partial charge in [-0.3, -0.25) is 0 Å². The Bertz CT molecular complexity index is 81.5. The Morgan fingerprint density at radius 3 is 2.18 bits per heavy atom. The number of hydrogen-bond acceptors (Lipinski definition) is 2. The van der Waals surface area contributed by atoms with Crippen LogP contribution in [0.15, 0.2) is 0 Å². The summed E-state index contributed by atoms with van der Waals surface area (Å²) in [5.41, 5.74) is 0. The van der Waals surface area contributed by atoms with Gasteiger partial charge in [0.15, 0.2) is 0 Å². The zero-order valence-corrected chi connectivity index (χ0v) is 9.88. The predicted octanol–water partition coefficient (Wildman–Crippen LogP) is -1.72. The van der Waals surface area contributed by atoms with Gasteiger partial charge < -0.3 is 11.6 Å². The van der Waals surface area contributed by atoms with E-state index in [1.165, 1.54) is 0 Å². The second-order valence-electron chi connectivity index (χ2n) is 3.03. The molecule has 0 aromatic heterocycles. The molecule has 0 aliphatic rings. The van der Waals surface area contributed by atoms with E-state index >= 15 is 0 Å². The first-order valence-electron chi connectivity index (χ1n) is 3.97. The minimum atomic E-state index is -0.188. The van der Waals surface area contributed by atoms with Crippen molar-refractivity contribution in [3.8, 4) is 0 Å². The predicted molar refractivity (Wildman–Crippen MR) is 42.9 cm³/mol. The van der Waals surface area contributed by atoms with Crippen molar-refractivity contribution in [3.05, 3.63) is 0 Å². The van der Waals surface area contributed by atoms with Crippen molar-refractivity contribution >= 4 is 0 Å². The van der Waals surface area contributed by atoms with Crippen LogP contribution >= 0.6 is 0 Å². The standard InChI is InChI=1S/C8H18O2.Na.H/c1-7(2)8(10)5-3-4-6-9;;/h7-10H,3-6H2,1-2H3;;/q;+1;-1. The molecule has 0 aromatic rings. The van der Waals surface area contributed by atoms with Gasteiger partial charge in [-0.2, -0.15) is 0 Å². The quantitative estimate of drug-likeness (QED) is 0.381. The third-order valence-corrected chi connectivity index (χ3v) is 1.68. The van der Waals surface area contributed by atoms with E-state index < -0.39 is 0 Å². The Kier molecular flexibility index (Phi) is 11.8. The van der Waals surface area contributed by atoms with E-state index in [0.29, 0.717) is 5.92 Å². The number of aliphatic hydroxyl groups is 2. The summed E-state index contributed by atoms with van der Waals surface area (Å²) in [6.07, 6.45) is 2.37. The van der Waals surface area contributed by atoms with E-state index in [1.54, 1.807) is 0 Å². The third-order valence-electron chi connectivity index (χ3n) is 1.68. The van der Waals surface area contributed by atoms with Crippen LogP contribution < -0.4 is 29.6 Å². The van der Waals surface area contributed by atoms with Crippen molar-refractivity contribution in [3.63, 3.8) is 0 Å². The summed E-state index contributed by atoms with van der Waals surface area (Å²) in [5, 5.41) is 17.7. The Labute approximate surface area is 92.8 Å².